The summed E-state index contributed by atoms with van der Waals surface area (Å²) in [6, 6.07) is 5.44. The lowest BCUT2D eigenvalue weighted by atomic mass is 9.78. The molecule has 0 spiro atoms. The third-order valence-electron chi connectivity index (χ3n) is 5.34. The van der Waals surface area contributed by atoms with Crippen molar-refractivity contribution in [2.45, 2.75) is 25.0 Å². The van der Waals surface area contributed by atoms with E-state index in [1.807, 2.05) is 0 Å². The Hall–Kier alpha value is -2.35. The van der Waals surface area contributed by atoms with Crippen LogP contribution in [0.4, 0.5) is 9.18 Å². The first-order valence-electron chi connectivity index (χ1n) is 9.16. The molecule has 7 nitrogen and oxygen atoms in total. The van der Waals surface area contributed by atoms with Crippen LogP contribution in [0.3, 0.4) is 0 Å². The highest BCUT2D eigenvalue weighted by molar-refractivity contribution is 5.84. The van der Waals surface area contributed by atoms with Crippen molar-refractivity contribution in [1.29, 1.82) is 0 Å². The number of urea groups is 1. The van der Waals surface area contributed by atoms with Crippen LogP contribution >= 0.6 is 0 Å². The minimum absolute atomic E-state index is 0.0332. The number of aliphatic hydroxyl groups excluding tert-OH is 1. The average molecular weight is 379 g/mol. The number of likely N-dealkylation sites (tertiary alicyclic amines) is 1. The summed E-state index contributed by atoms with van der Waals surface area (Å²) < 4.78 is 18.9. The van der Waals surface area contributed by atoms with E-state index in [1.165, 1.54) is 17.0 Å². The van der Waals surface area contributed by atoms with Gasteiger partial charge in [0.2, 0.25) is 5.91 Å². The molecule has 4 atom stereocenters. The Balaban J connectivity index is 1.54. The van der Waals surface area contributed by atoms with Crippen molar-refractivity contribution >= 4 is 11.9 Å². The number of carbonyl (C=O) groups is 2. The fourth-order valence-electron chi connectivity index (χ4n) is 3.83. The van der Waals surface area contributed by atoms with E-state index >= 15 is 0 Å². The number of nitrogens with zero attached hydrogens (tertiary/aromatic N) is 2. The molecule has 0 bridgehead atoms. The number of amides is 3. The standard InChI is InChI=1S/C19H26FN3O4/c1-22(2)19(26)21-9-18(25)23-10-12-7-16(24)17(8-13(12)11-23)27-15-5-3-14(20)4-6-15/h3-6,12-13,16-17,24H,7-11H2,1-2H3,(H,21,26)/t12-,13+,16+,17+/m0/s1. The van der Waals surface area contributed by atoms with Gasteiger partial charge in [-0.15, -0.1) is 0 Å². The molecule has 0 radical (unpaired) electrons. The third kappa shape index (κ3) is 4.68. The Morgan fingerprint density at radius 1 is 1.22 bits per heavy atom. The van der Waals surface area contributed by atoms with Crippen LogP contribution in [0, 0.1) is 17.7 Å². The highest BCUT2D eigenvalue weighted by Gasteiger charge is 2.43. The fourth-order valence-corrected chi connectivity index (χ4v) is 3.83. The fraction of sp³-hybridized carbons (Fsp3) is 0.579. The zero-order chi connectivity index (χ0) is 19.6. The van der Waals surface area contributed by atoms with Crippen molar-refractivity contribution in [1.82, 2.24) is 15.1 Å². The van der Waals surface area contributed by atoms with Gasteiger partial charge in [-0.2, -0.15) is 0 Å². The van der Waals surface area contributed by atoms with Crippen LogP contribution in [-0.2, 0) is 4.79 Å². The van der Waals surface area contributed by atoms with Gasteiger partial charge in [0.15, 0.2) is 0 Å². The van der Waals surface area contributed by atoms with Gasteiger partial charge >= 0.3 is 6.03 Å². The van der Waals surface area contributed by atoms with Gasteiger partial charge in [-0.25, -0.2) is 9.18 Å². The number of rotatable bonds is 4. The summed E-state index contributed by atoms with van der Waals surface area (Å²) >= 11 is 0. The summed E-state index contributed by atoms with van der Waals surface area (Å²) in [7, 11) is 3.24. The number of nitrogens with one attached hydrogen (secondary N) is 1. The normalized spacial score (nSPS) is 27.0. The van der Waals surface area contributed by atoms with Crippen LogP contribution < -0.4 is 10.1 Å². The molecule has 1 aliphatic carbocycles. The molecule has 2 aliphatic rings. The molecule has 0 unspecified atom stereocenters. The molecule has 1 saturated heterocycles. The van der Waals surface area contributed by atoms with Gasteiger partial charge in [0.1, 0.15) is 17.7 Å². The predicted molar refractivity (Wildman–Crippen MR) is 96.7 cm³/mol. The molecule has 1 saturated carbocycles. The van der Waals surface area contributed by atoms with Crippen molar-refractivity contribution < 1.29 is 23.8 Å². The summed E-state index contributed by atoms with van der Waals surface area (Å²) in [5.41, 5.74) is 0. The first-order valence-corrected chi connectivity index (χ1v) is 9.16. The van der Waals surface area contributed by atoms with Gasteiger partial charge in [0.25, 0.3) is 0 Å². The SMILES string of the molecule is CN(C)C(=O)NCC(=O)N1C[C@H]2C[C@@H](Oc3ccc(F)cc3)[C@H](O)C[C@H]2C1. The Morgan fingerprint density at radius 2 is 1.85 bits per heavy atom. The van der Waals surface area contributed by atoms with Gasteiger partial charge in [0.05, 0.1) is 12.6 Å². The lowest BCUT2D eigenvalue weighted by molar-refractivity contribution is -0.129. The average Bonchev–Trinajstić information content (AvgIpc) is 3.04. The molecule has 8 heteroatoms. The second-order valence-electron chi connectivity index (χ2n) is 7.52. The van der Waals surface area contributed by atoms with E-state index in [0.717, 1.165) is 0 Å². The third-order valence-corrected chi connectivity index (χ3v) is 5.34. The Bertz CT molecular complexity index is 682. The number of benzene rings is 1. The topological polar surface area (TPSA) is 82.1 Å². The first kappa shape index (κ1) is 19.4. The van der Waals surface area contributed by atoms with Crippen LogP contribution in [0.25, 0.3) is 0 Å². The molecule has 1 aromatic rings. The van der Waals surface area contributed by atoms with E-state index in [2.05, 4.69) is 5.32 Å². The highest BCUT2D eigenvalue weighted by Crippen LogP contribution is 2.38. The monoisotopic (exact) mass is 379 g/mol. The second kappa shape index (κ2) is 8.12. The van der Waals surface area contributed by atoms with E-state index in [4.69, 9.17) is 4.74 Å². The predicted octanol–water partition coefficient (Wildman–Crippen LogP) is 1.07. The van der Waals surface area contributed by atoms with E-state index in [1.54, 1.807) is 31.1 Å². The molecule has 1 aromatic carbocycles. The summed E-state index contributed by atoms with van der Waals surface area (Å²) in [5, 5.41) is 13.0. The molecule has 3 amide bonds. The zero-order valence-electron chi connectivity index (χ0n) is 15.6. The van der Waals surface area contributed by atoms with E-state index < -0.39 is 6.10 Å². The molecular weight excluding hydrogens is 353 g/mol. The number of fused-ring (bicyclic) bond motifs is 1. The second-order valence-corrected chi connectivity index (χ2v) is 7.52. The van der Waals surface area contributed by atoms with Crippen molar-refractivity contribution in [3.8, 4) is 5.75 Å². The maximum Gasteiger partial charge on any atom is 0.317 e. The van der Waals surface area contributed by atoms with Crippen LogP contribution in [0.5, 0.6) is 5.75 Å². The molecule has 27 heavy (non-hydrogen) atoms. The minimum Gasteiger partial charge on any atom is -0.488 e. The summed E-state index contributed by atoms with van der Waals surface area (Å²) in [6.07, 6.45) is 0.196. The maximum absolute atomic E-state index is 13.0. The first-order chi connectivity index (χ1) is 12.8. The molecule has 3 rings (SSSR count). The minimum atomic E-state index is -0.625. The van der Waals surface area contributed by atoms with E-state index in [9.17, 15) is 19.1 Å². The molecule has 2 N–H and O–H groups in total. The van der Waals surface area contributed by atoms with Gasteiger partial charge < -0.3 is 25.0 Å². The lowest BCUT2D eigenvalue weighted by Crippen LogP contribution is -2.42. The van der Waals surface area contributed by atoms with Crippen molar-refractivity contribution in [2.75, 3.05) is 33.7 Å². The molecular formula is C19H26FN3O4. The summed E-state index contributed by atoms with van der Waals surface area (Å²) in [6.45, 7) is 1.15. The number of hydrogen-bond donors (Lipinski definition) is 2. The van der Waals surface area contributed by atoms with Gasteiger partial charge in [-0.3, -0.25) is 4.79 Å². The molecule has 148 valence electrons. The zero-order valence-corrected chi connectivity index (χ0v) is 15.6. The Kier molecular flexibility index (Phi) is 5.84. The molecule has 2 fully saturated rings. The Morgan fingerprint density at radius 3 is 2.48 bits per heavy atom. The molecule has 0 aromatic heterocycles. The van der Waals surface area contributed by atoms with Crippen LogP contribution in [-0.4, -0.2) is 72.8 Å². The smallest absolute Gasteiger partial charge is 0.317 e. The summed E-state index contributed by atoms with van der Waals surface area (Å²) in [4.78, 5) is 27.1. The molecule has 1 heterocycles. The largest absolute Gasteiger partial charge is 0.488 e. The van der Waals surface area contributed by atoms with Gasteiger partial charge in [-0.05, 0) is 48.9 Å². The van der Waals surface area contributed by atoms with Gasteiger partial charge in [0, 0.05) is 27.2 Å². The number of ether oxygens (including phenoxy) is 1. The van der Waals surface area contributed by atoms with E-state index in [-0.39, 0.29) is 42.2 Å². The highest BCUT2D eigenvalue weighted by atomic mass is 19.1. The lowest BCUT2D eigenvalue weighted by Gasteiger charge is -2.35. The number of halogens is 1. The summed E-state index contributed by atoms with van der Waals surface area (Å²) in [5.74, 6) is 0.535. The quantitative estimate of drug-likeness (QED) is 0.820. The number of aliphatic hydroxyl groups is 1. The van der Waals surface area contributed by atoms with Gasteiger partial charge in [-0.1, -0.05) is 0 Å². The van der Waals surface area contributed by atoms with Crippen LogP contribution in [0.1, 0.15) is 12.8 Å². The van der Waals surface area contributed by atoms with Crippen molar-refractivity contribution in [3.63, 3.8) is 0 Å². The van der Waals surface area contributed by atoms with Crippen molar-refractivity contribution in [3.05, 3.63) is 30.1 Å². The van der Waals surface area contributed by atoms with Crippen molar-refractivity contribution in [2.24, 2.45) is 11.8 Å². The van der Waals surface area contributed by atoms with Crippen LogP contribution in [0.15, 0.2) is 24.3 Å². The molecule has 1 aliphatic heterocycles. The van der Waals surface area contributed by atoms with Crippen LogP contribution in [0.2, 0.25) is 0 Å². The number of carbonyl (C=O) groups excluding carboxylic acids is 2. The Labute approximate surface area is 158 Å². The number of hydrogen-bond acceptors (Lipinski definition) is 4. The maximum atomic E-state index is 13.0. The van der Waals surface area contributed by atoms with E-state index in [0.29, 0.717) is 31.7 Å².